The van der Waals surface area contributed by atoms with E-state index in [2.05, 4.69) is 0 Å². The number of hydrogen-bond acceptors (Lipinski definition) is 4. The van der Waals surface area contributed by atoms with Crippen LogP contribution in [0.5, 0.6) is 0 Å². The summed E-state index contributed by atoms with van der Waals surface area (Å²) in [6, 6.07) is 15.3. The van der Waals surface area contributed by atoms with Gasteiger partial charge >= 0.3 is 5.97 Å². The van der Waals surface area contributed by atoms with E-state index in [1.807, 2.05) is 30.3 Å². The maximum Gasteiger partial charge on any atom is 0.348 e. The number of hydrogen-bond donors (Lipinski definition) is 1. The SMILES string of the molecule is COCC(C)N(C(=O)c1ccc(Cl)cc1Cl)c1cc(-c2ccccc2)sc1C(=O)O. The van der Waals surface area contributed by atoms with E-state index in [9.17, 15) is 14.7 Å². The van der Waals surface area contributed by atoms with Crippen molar-refractivity contribution in [3.63, 3.8) is 0 Å². The summed E-state index contributed by atoms with van der Waals surface area (Å²) >= 11 is 13.3. The van der Waals surface area contributed by atoms with E-state index >= 15 is 0 Å². The predicted octanol–water partition coefficient (Wildman–Crippen LogP) is 6.10. The molecule has 3 aromatic rings. The smallest absolute Gasteiger partial charge is 0.348 e. The van der Waals surface area contributed by atoms with Gasteiger partial charge in [0.15, 0.2) is 0 Å². The van der Waals surface area contributed by atoms with Crippen molar-refractivity contribution in [2.45, 2.75) is 13.0 Å². The molecule has 0 aliphatic heterocycles. The molecule has 1 aromatic heterocycles. The molecule has 1 atom stereocenters. The van der Waals surface area contributed by atoms with Gasteiger partial charge in [-0.05, 0) is 36.8 Å². The fraction of sp³-hybridized carbons (Fsp3) is 0.182. The highest BCUT2D eigenvalue weighted by molar-refractivity contribution is 7.18. The molecule has 2 aromatic carbocycles. The lowest BCUT2D eigenvalue weighted by molar-refractivity contribution is 0.0702. The molecule has 0 saturated heterocycles. The number of nitrogens with zero attached hydrogens (tertiary/aromatic N) is 1. The lowest BCUT2D eigenvalue weighted by Crippen LogP contribution is -2.42. The first-order valence-corrected chi connectivity index (χ1v) is 10.6. The summed E-state index contributed by atoms with van der Waals surface area (Å²) in [6.45, 7) is 2.00. The third-order valence-electron chi connectivity index (χ3n) is 4.45. The Morgan fingerprint density at radius 2 is 1.83 bits per heavy atom. The van der Waals surface area contributed by atoms with Crippen molar-refractivity contribution in [1.29, 1.82) is 0 Å². The van der Waals surface area contributed by atoms with Crippen LogP contribution in [0.1, 0.15) is 27.0 Å². The summed E-state index contributed by atoms with van der Waals surface area (Å²) in [5, 5.41) is 10.4. The molecule has 30 heavy (non-hydrogen) atoms. The number of carboxylic acids is 1. The number of amides is 1. The molecule has 1 amide bonds. The van der Waals surface area contributed by atoms with Gasteiger partial charge in [-0.3, -0.25) is 4.79 Å². The monoisotopic (exact) mass is 463 g/mol. The molecule has 0 radical (unpaired) electrons. The van der Waals surface area contributed by atoms with Crippen LogP contribution >= 0.6 is 34.5 Å². The fourth-order valence-corrected chi connectivity index (χ4v) is 4.60. The first kappa shape index (κ1) is 22.3. The van der Waals surface area contributed by atoms with E-state index in [0.29, 0.717) is 10.7 Å². The molecule has 0 aliphatic rings. The van der Waals surface area contributed by atoms with Gasteiger partial charge in [-0.25, -0.2) is 4.79 Å². The third-order valence-corrected chi connectivity index (χ3v) is 6.16. The van der Waals surface area contributed by atoms with Gasteiger partial charge in [-0.2, -0.15) is 0 Å². The highest BCUT2D eigenvalue weighted by Crippen LogP contribution is 2.39. The van der Waals surface area contributed by atoms with Gasteiger partial charge in [0.05, 0.1) is 28.9 Å². The quantitative estimate of drug-likeness (QED) is 0.459. The number of anilines is 1. The van der Waals surface area contributed by atoms with Gasteiger partial charge in [0.2, 0.25) is 0 Å². The Morgan fingerprint density at radius 1 is 1.13 bits per heavy atom. The summed E-state index contributed by atoms with van der Waals surface area (Å²) in [5.41, 5.74) is 1.40. The Labute approximate surface area is 188 Å². The van der Waals surface area contributed by atoms with Crippen LogP contribution in [0.2, 0.25) is 10.0 Å². The molecule has 0 spiro atoms. The number of carbonyl (C=O) groups is 2. The number of carboxylic acid groups (broad SMARTS) is 1. The molecule has 156 valence electrons. The van der Waals surface area contributed by atoms with Gasteiger partial charge in [-0.1, -0.05) is 53.5 Å². The van der Waals surface area contributed by atoms with E-state index in [4.69, 9.17) is 27.9 Å². The second-order valence-electron chi connectivity index (χ2n) is 6.60. The zero-order chi connectivity index (χ0) is 21.8. The van der Waals surface area contributed by atoms with Gasteiger partial charge in [0, 0.05) is 17.0 Å². The van der Waals surface area contributed by atoms with E-state index in [1.54, 1.807) is 19.1 Å². The topological polar surface area (TPSA) is 66.8 Å². The second kappa shape index (κ2) is 9.62. The van der Waals surface area contributed by atoms with Crippen LogP contribution in [0.3, 0.4) is 0 Å². The zero-order valence-corrected chi connectivity index (χ0v) is 18.6. The summed E-state index contributed by atoms with van der Waals surface area (Å²) in [4.78, 5) is 27.7. The molecule has 0 saturated carbocycles. The number of halogens is 2. The number of ether oxygens (including phenoxy) is 1. The predicted molar refractivity (Wildman–Crippen MR) is 121 cm³/mol. The van der Waals surface area contributed by atoms with Crippen molar-refractivity contribution in [1.82, 2.24) is 0 Å². The van der Waals surface area contributed by atoms with E-state index in [1.165, 1.54) is 24.1 Å². The highest BCUT2D eigenvalue weighted by atomic mass is 35.5. The summed E-state index contributed by atoms with van der Waals surface area (Å²) in [6.07, 6.45) is 0. The van der Waals surface area contributed by atoms with Crippen LogP contribution in [0, 0.1) is 0 Å². The molecule has 1 heterocycles. The zero-order valence-electron chi connectivity index (χ0n) is 16.3. The number of rotatable bonds is 7. The van der Waals surface area contributed by atoms with Crippen LogP contribution in [0.15, 0.2) is 54.6 Å². The molecule has 0 fully saturated rings. The Bertz CT molecular complexity index is 1070. The number of methoxy groups -OCH3 is 1. The average Bonchev–Trinajstić information content (AvgIpc) is 3.14. The number of carbonyl (C=O) groups excluding carboxylic acids is 1. The Balaban J connectivity index is 2.15. The van der Waals surface area contributed by atoms with Gasteiger partial charge in [0.1, 0.15) is 4.88 Å². The fourth-order valence-electron chi connectivity index (χ4n) is 3.11. The third kappa shape index (κ3) is 4.68. The Hall–Kier alpha value is -2.38. The molecule has 5 nitrogen and oxygen atoms in total. The molecular weight excluding hydrogens is 445 g/mol. The van der Waals surface area contributed by atoms with Crippen molar-refractivity contribution in [3.05, 3.63) is 75.1 Å². The first-order chi connectivity index (χ1) is 14.3. The van der Waals surface area contributed by atoms with Crippen LogP contribution in [-0.2, 0) is 4.74 Å². The van der Waals surface area contributed by atoms with Crippen LogP contribution in [0.4, 0.5) is 5.69 Å². The lowest BCUT2D eigenvalue weighted by Gasteiger charge is -2.29. The Kier molecular flexibility index (Phi) is 7.15. The Morgan fingerprint density at radius 3 is 2.43 bits per heavy atom. The maximum absolute atomic E-state index is 13.5. The van der Waals surface area contributed by atoms with Crippen molar-refractivity contribution in [2.24, 2.45) is 0 Å². The molecular formula is C22H19Cl2NO4S. The normalized spacial score (nSPS) is 11.9. The van der Waals surface area contributed by atoms with Crippen LogP contribution < -0.4 is 4.90 Å². The van der Waals surface area contributed by atoms with Crippen molar-refractivity contribution in [2.75, 3.05) is 18.6 Å². The number of thiophene rings is 1. The van der Waals surface area contributed by atoms with Gasteiger partial charge < -0.3 is 14.7 Å². The summed E-state index contributed by atoms with van der Waals surface area (Å²) < 4.78 is 5.24. The average molecular weight is 464 g/mol. The largest absolute Gasteiger partial charge is 0.477 e. The van der Waals surface area contributed by atoms with Crippen molar-refractivity contribution < 1.29 is 19.4 Å². The summed E-state index contributed by atoms with van der Waals surface area (Å²) in [5.74, 6) is -1.54. The first-order valence-electron chi connectivity index (χ1n) is 9.03. The molecule has 8 heteroatoms. The van der Waals surface area contributed by atoms with Crippen LogP contribution in [0.25, 0.3) is 10.4 Å². The maximum atomic E-state index is 13.5. The van der Waals surface area contributed by atoms with Gasteiger partial charge in [-0.15, -0.1) is 11.3 Å². The molecule has 0 aliphatic carbocycles. The lowest BCUT2D eigenvalue weighted by atomic mass is 10.1. The summed E-state index contributed by atoms with van der Waals surface area (Å²) in [7, 11) is 1.52. The van der Waals surface area contributed by atoms with E-state index in [-0.39, 0.29) is 22.1 Å². The van der Waals surface area contributed by atoms with E-state index in [0.717, 1.165) is 21.8 Å². The van der Waals surface area contributed by atoms with Crippen LogP contribution in [-0.4, -0.2) is 36.7 Å². The highest BCUT2D eigenvalue weighted by Gasteiger charge is 2.30. The number of benzene rings is 2. The molecule has 0 bridgehead atoms. The minimum absolute atomic E-state index is 0.0650. The number of aromatic carboxylic acids is 1. The van der Waals surface area contributed by atoms with Gasteiger partial charge in [0.25, 0.3) is 5.91 Å². The minimum Gasteiger partial charge on any atom is -0.477 e. The molecule has 1 N–H and O–H groups in total. The standard InChI is InChI=1S/C22H19Cl2NO4S/c1-13(12-29-2)25(21(26)16-9-8-15(23)10-17(16)24)18-11-19(30-20(18)22(27)28)14-6-4-3-5-7-14/h3-11,13H,12H2,1-2H3,(H,27,28). The van der Waals surface area contributed by atoms with E-state index < -0.39 is 17.9 Å². The minimum atomic E-state index is -1.11. The van der Waals surface area contributed by atoms with Crippen molar-refractivity contribution >= 4 is 52.1 Å². The molecule has 1 unspecified atom stereocenters. The molecule has 3 rings (SSSR count). The second-order valence-corrected chi connectivity index (χ2v) is 8.50. The van der Waals surface area contributed by atoms with Crippen molar-refractivity contribution in [3.8, 4) is 10.4 Å².